The zero-order valence-corrected chi connectivity index (χ0v) is 11.1. The molecule has 0 heterocycles. The minimum atomic E-state index is -1.04. The van der Waals surface area contributed by atoms with Gasteiger partial charge in [-0.3, -0.25) is 20.2 Å². The Morgan fingerprint density at radius 3 is 2.42 bits per heavy atom. The van der Waals surface area contributed by atoms with Crippen LogP contribution in [0.4, 0.5) is 4.79 Å². The minimum Gasteiger partial charge on any atom is -0.480 e. The van der Waals surface area contributed by atoms with Crippen molar-refractivity contribution in [3.63, 3.8) is 0 Å². The zero-order chi connectivity index (χ0) is 14.3. The molecule has 0 aromatic heterocycles. The monoisotopic (exact) mass is 271 g/mol. The van der Waals surface area contributed by atoms with Gasteiger partial charge >= 0.3 is 12.0 Å². The number of carbonyl (C=O) groups is 3. The number of amides is 3. The molecule has 0 bridgehead atoms. The summed E-state index contributed by atoms with van der Waals surface area (Å²) >= 11 is 0. The van der Waals surface area contributed by atoms with Crippen molar-refractivity contribution in [3.8, 4) is 0 Å². The Bertz CT molecular complexity index is 340. The molecular formula is C12H21N3O4. The number of nitrogens with one attached hydrogen (secondary N) is 3. The third-order valence-electron chi connectivity index (χ3n) is 3.13. The number of carboxylic acid groups (broad SMARTS) is 1. The molecule has 1 aliphatic carbocycles. The molecule has 19 heavy (non-hydrogen) atoms. The number of hydrogen-bond donors (Lipinski definition) is 4. The van der Waals surface area contributed by atoms with Gasteiger partial charge in [0.2, 0.25) is 5.91 Å². The number of urea groups is 1. The SMILES string of the molecule is C[C@@H](NCC(=O)NC(=O)NC1CCCCC1)C(=O)O. The van der Waals surface area contributed by atoms with Gasteiger partial charge < -0.3 is 10.4 Å². The van der Waals surface area contributed by atoms with Crippen LogP contribution in [-0.4, -0.2) is 41.6 Å². The molecule has 4 N–H and O–H groups in total. The second-order valence-electron chi connectivity index (χ2n) is 4.80. The summed E-state index contributed by atoms with van der Waals surface area (Å²) in [6, 6.07) is -1.21. The highest BCUT2D eigenvalue weighted by molar-refractivity contribution is 5.95. The molecule has 1 atom stereocenters. The molecule has 1 aliphatic rings. The highest BCUT2D eigenvalue weighted by Gasteiger charge is 2.17. The molecule has 7 nitrogen and oxygen atoms in total. The molecule has 1 fully saturated rings. The van der Waals surface area contributed by atoms with Gasteiger partial charge in [0.25, 0.3) is 0 Å². The first-order valence-electron chi connectivity index (χ1n) is 6.55. The van der Waals surface area contributed by atoms with Gasteiger partial charge in [-0.1, -0.05) is 19.3 Å². The lowest BCUT2D eigenvalue weighted by Crippen LogP contribution is -2.48. The van der Waals surface area contributed by atoms with Crippen LogP contribution in [0.2, 0.25) is 0 Å². The zero-order valence-electron chi connectivity index (χ0n) is 11.1. The van der Waals surface area contributed by atoms with Gasteiger partial charge in [0.15, 0.2) is 0 Å². The Kier molecular flexibility index (Phi) is 6.27. The normalized spacial score (nSPS) is 17.5. The molecule has 3 amide bonds. The fourth-order valence-electron chi connectivity index (χ4n) is 1.97. The lowest BCUT2D eigenvalue weighted by atomic mass is 9.96. The van der Waals surface area contributed by atoms with Crippen LogP contribution in [0.1, 0.15) is 39.0 Å². The van der Waals surface area contributed by atoms with Crippen LogP contribution in [0.3, 0.4) is 0 Å². The van der Waals surface area contributed by atoms with Gasteiger partial charge in [-0.15, -0.1) is 0 Å². The highest BCUT2D eigenvalue weighted by atomic mass is 16.4. The van der Waals surface area contributed by atoms with Gasteiger partial charge in [0.1, 0.15) is 6.04 Å². The van der Waals surface area contributed by atoms with Crippen molar-refractivity contribution in [1.29, 1.82) is 0 Å². The van der Waals surface area contributed by atoms with Crippen molar-refractivity contribution in [3.05, 3.63) is 0 Å². The fraction of sp³-hybridized carbons (Fsp3) is 0.750. The maximum absolute atomic E-state index is 11.5. The van der Waals surface area contributed by atoms with E-state index in [1.165, 1.54) is 13.3 Å². The average molecular weight is 271 g/mol. The molecule has 1 saturated carbocycles. The van der Waals surface area contributed by atoms with Crippen LogP contribution in [0.25, 0.3) is 0 Å². The predicted molar refractivity (Wildman–Crippen MR) is 68.6 cm³/mol. The first kappa shape index (κ1) is 15.4. The number of rotatable bonds is 5. The van der Waals surface area contributed by atoms with Crippen LogP contribution >= 0.6 is 0 Å². The van der Waals surface area contributed by atoms with Crippen LogP contribution < -0.4 is 16.0 Å². The van der Waals surface area contributed by atoms with E-state index in [2.05, 4.69) is 16.0 Å². The third kappa shape index (κ3) is 6.19. The second-order valence-corrected chi connectivity index (χ2v) is 4.80. The molecule has 0 aromatic carbocycles. The quantitative estimate of drug-likeness (QED) is 0.571. The van der Waals surface area contributed by atoms with Crippen LogP contribution in [0.15, 0.2) is 0 Å². The lowest BCUT2D eigenvalue weighted by Gasteiger charge is -2.22. The molecule has 0 aliphatic heterocycles. The number of aliphatic carboxylic acids is 1. The van der Waals surface area contributed by atoms with E-state index in [0.717, 1.165) is 25.7 Å². The Morgan fingerprint density at radius 2 is 1.84 bits per heavy atom. The minimum absolute atomic E-state index is 0.132. The maximum Gasteiger partial charge on any atom is 0.321 e. The van der Waals surface area contributed by atoms with Crippen LogP contribution in [0.5, 0.6) is 0 Å². The van der Waals surface area contributed by atoms with Crippen molar-refractivity contribution in [2.45, 2.75) is 51.1 Å². The van der Waals surface area contributed by atoms with E-state index in [-0.39, 0.29) is 12.6 Å². The summed E-state index contributed by atoms with van der Waals surface area (Å²) in [5.74, 6) is -1.58. The van der Waals surface area contributed by atoms with Crippen LogP contribution in [-0.2, 0) is 9.59 Å². The van der Waals surface area contributed by atoms with E-state index in [1.807, 2.05) is 0 Å². The molecule has 0 saturated heterocycles. The van der Waals surface area contributed by atoms with E-state index in [0.29, 0.717) is 0 Å². The van der Waals surface area contributed by atoms with Crippen molar-refractivity contribution in [1.82, 2.24) is 16.0 Å². The van der Waals surface area contributed by atoms with E-state index < -0.39 is 23.9 Å². The van der Waals surface area contributed by atoms with E-state index in [9.17, 15) is 14.4 Å². The summed E-state index contributed by atoms with van der Waals surface area (Å²) in [5, 5.41) is 16.0. The Balaban J connectivity index is 2.20. The van der Waals surface area contributed by atoms with Crippen molar-refractivity contribution in [2.24, 2.45) is 0 Å². The van der Waals surface area contributed by atoms with Gasteiger partial charge in [-0.05, 0) is 19.8 Å². The van der Waals surface area contributed by atoms with E-state index in [4.69, 9.17) is 5.11 Å². The number of imide groups is 1. The molecule has 1 rings (SSSR count). The largest absolute Gasteiger partial charge is 0.480 e. The number of hydrogen-bond acceptors (Lipinski definition) is 4. The second kappa shape index (κ2) is 7.73. The molecule has 7 heteroatoms. The summed E-state index contributed by atoms with van der Waals surface area (Å²) < 4.78 is 0. The van der Waals surface area contributed by atoms with Gasteiger partial charge in [0.05, 0.1) is 6.54 Å². The van der Waals surface area contributed by atoms with Gasteiger partial charge in [0, 0.05) is 6.04 Å². The first-order chi connectivity index (χ1) is 8.99. The standard InChI is InChI=1S/C12H21N3O4/c1-8(11(17)18)13-7-10(16)15-12(19)14-9-5-3-2-4-6-9/h8-9,13H,2-7H2,1H3,(H,17,18)(H2,14,15,16,19)/t8-/m1/s1. The average Bonchev–Trinajstić information content (AvgIpc) is 2.36. The maximum atomic E-state index is 11.5. The summed E-state index contributed by atoms with van der Waals surface area (Å²) in [6.45, 7) is 1.23. The summed E-state index contributed by atoms with van der Waals surface area (Å²) in [7, 11) is 0. The van der Waals surface area contributed by atoms with Crippen molar-refractivity contribution >= 4 is 17.9 Å². The van der Waals surface area contributed by atoms with Crippen LogP contribution in [0, 0.1) is 0 Å². The predicted octanol–water partition coefficient (Wildman–Crippen LogP) is 0.208. The van der Waals surface area contributed by atoms with Crippen molar-refractivity contribution < 1.29 is 19.5 Å². The molecule has 0 aromatic rings. The molecule has 108 valence electrons. The van der Waals surface area contributed by atoms with E-state index >= 15 is 0 Å². The smallest absolute Gasteiger partial charge is 0.321 e. The third-order valence-corrected chi connectivity index (χ3v) is 3.13. The first-order valence-corrected chi connectivity index (χ1v) is 6.55. The number of carboxylic acids is 1. The fourth-order valence-corrected chi connectivity index (χ4v) is 1.97. The van der Waals surface area contributed by atoms with Gasteiger partial charge in [-0.25, -0.2) is 4.79 Å². The lowest BCUT2D eigenvalue weighted by molar-refractivity contribution is -0.139. The number of carbonyl (C=O) groups excluding carboxylic acids is 2. The van der Waals surface area contributed by atoms with Crippen molar-refractivity contribution in [2.75, 3.05) is 6.54 Å². The molecular weight excluding hydrogens is 250 g/mol. The molecule has 0 unspecified atom stereocenters. The summed E-state index contributed by atoms with van der Waals surface area (Å²) in [4.78, 5) is 33.4. The Labute approximate surface area is 112 Å². The van der Waals surface area contributed by atoms with E-state index in [1.54, 1.807) is 0 Å². The Morgan fingerprint density at radius 1 is 1.21 bits per heavy atom. The topological polar surface area (TPSA) is 108 Å². The summed E-state index contributed by atoms with van der Waals surface area (Å²) in [6.07, 6.45) is 5.26. The Hall–Kier alpha value is -1.63. The molecule has 0 radical (unpaired) electrons. The summed E-state index contributed by atoms with van der Waals surface area (Å²) in [5.41, 5.74) is 0. The van der Waals surface area contributed by atoms with Gasteiger partial charge in [-0.2, -0.15) is 0 Å². The molecule has 0 spiro atoms. The highest BCUT2D eigenvalue weighted by Crippen LogP contribution is 2.16.